The van der Waals surface area contributed by atoms with Crippen molar-refractivity contribution in [1.82, 2.24) is 5.32 Å². The molecule has 1 aliphatic rings. The van der Waals surface area contributed by atoms with Crippen molar-refractivity contribution in [2.75, 3.05) is 6.54 Å². The monoisotopic (exact) mass is 203 g/mol. The summed E-state index contributed by atoms with van der Waals surface area (Å²) in [5.74, 6) is 0.0691. The molecule has 80 valence electrons. The maximum atomic E-state index is 11.7. The topological polar surface area (TPSA) is 29.1 Å². The Morgan fingerprint density at radius 1 is 1.40 bits per heavy atom. The summed E-state index contributed by atoms with van der Waals surface area (Å²) in [4.78, 5) is 11.7. The van der Waals surface area contributed by atoms with Gasteiger partial charge in [-0.2, -0.15) is 0 Å². The maximum Gasteiger partial charge on any atom is 0.251 e. The van der Waals surface area contributed by atoms with Crippen molar-refractivity contribution in [3.63, 3.8) is 0 Å². The lowest BCUT2D eigenvalue weighted by molar-refractivity contribution is 0.0929. The molecule has 0 saturated heterocycles. The van der Waals surface area contributed by atoms with Gasteiger partial charge in [0.25, 0.3) is 5.91 Å². The molecule has 0 saturated carbocycles. The first-order valence-corrected chi connectivity index (χ1v) is 5.46. The molecular formula is C13H17NO. The van der Waals surface area contributed by atoms with Gasteiger partial charge in [-0.25, -0.2) is 0 Å². The Morgan fingerprint density at radius 2 is 2.13 bits per heavy atom. The molecule has 2 nitrogen and oxygen atoms in total. The lowest BCUT2D eigenvalue weighted by Gasteiger charge is -2.32. The van der Waals surface area contributed by atoms with Crippen molar-refractivity contribution in [2.45, 2.75) is 32.6 Å². The van der Waals surface area contributed by atoms with Gasteiger partial charge in [-0.15, -0.1) is 0 Å². The summed E-state index contributed by atoms with van der Waals surface area (Å²) in [5.41, 5.74) is 3.30. The predicted octanol–water partition coefficient (Wildman–Crippen LogP) is 2.27. The zero-order valence-electron chi connectivity index (χ0n) is 9.55. The van der Waals surface area contributed by atoms with Gasteiger partial charge in [0.05, 0.1) is 0 Å². The van der Waals surface area contributed by atoms with E-state index in [1.807, 2.05) is 6.07 Å². The normalized spacial score (nSPS) is 18.2. The highest BCUT2D eigenvalue weighted by Crippen LogP contribution is 2.30. The fraction of sp³-hybridized carbons (Fsp3) is 0.462. The number of amides is 1. The Morgan fingerprint density at radius 3 is 2.80 bits per heavy atom. The van der Waals surface area contributed by atoms with Gasteiger partial charge >= 0.3 is 0 Å². The van der Waals surface area contributed by atoms with Crippen LogP contribution in [0.1, 0.15) is 42.3 Å². The average Bonchev–Trinajstić information content (AvgIpc) is 2.23. The highest BCUT2D eigenvalue weighted by Gasteiger charge is 2.31. The first-order valence-electron chi connectivity index (χ1n) is 5.46. The molecule has 0 aromatic heterocycles. The predicted molar refractivity (Wildman–Crippen MR) is 61.2 cm³/mol. The molecule has 0 spiro atoms. The molecule has 0 aliphatic carbocycles. The van der Waals surface area contributed by atoms with E-state index < -0.39 is 0 Å². The van der Waals surface area contributed by atoms with Crippen LogP contribution in [0.3, 0.4) is 0 Å². The SMILES string of the molecule is CCc1ccc2c(c1)C(=O)NCC2(C)C. The quantitative estimate of drug-likeness (QED) is 0.745. The number of benzene rings is 1. The summed E-state index contributed by atoms with van der Waals surface area (Å²) in [7, 11) is 0. The Labute approximate surface area is 90.7 Å². The van der Waals surface area contributed by atoms with Crippen LogP contribution in [0.5, 0.6) is 0 Å². The molecule has 2 rings (SSSR count). The van der Waals surface area contributed by atoms with Gasteiger partial charge in [0.1, 0.15) is 0 Å². The first-order chi connectivity index (χ1) is 7.04. The molecule has 1 aromatic carbocycles. The molecule has 1 heterocycles. The largest absolute Gasteiger partial charge is 0.351 e. The number of carbonyl (C=O) groups is 1. The van der Waals surface area contributed by atoms with Crippen molar-refractivity contribution in [2.24, 2.45) is 0 Å². The smallest absolute Gasteiger partial charge is 0.251 e. The molecule has 1 aliphatic heterocycles. The molecule has 0 bridgehead atoms. The number of hydrogen-bond acceptors (Lipinski definition) is 1. The van der Waals surface area contributed by atoms with Crippen LogP contribution in [0, 0.1) is 0 Å². The van der Waals surface area contributed by atoms with Gasteiger partial charge in [0.2, 0.25) is 0 Å². The van der Waals surface area contributed by atoms with Crippen LogP contribution in [-0.4, -0.2) is 12.5 Å². The summed E-state index contributed by atoms with van der Waals surface area (Å²) < 4.78 is 0. The number of aryl methyl sites for hydroxylation is 1. The fourth-order valence-corrected chi connectivity index (χ4v) is 2.08. The molecule has 15 heavy (non-hydrogen) atoms. The van der Waals surface area contributed by atoms with Gasteiger partial charge < -0.3 is 5.32 Å². The third kappa shape index (κ3) is 1.65. The maximum absolute atomic E-state index is 11.7. The minimum atomic E-state index is 0.0511. The van der Waals surface area contributed by atoms with E-state index >= 15 is 0 Å². The van der Waals surface area contributed by atoms with Crippen LogP contribution >= 0.6 is 0 Å². The van der Waals surface area contributed by atoms with Crippen LogP contribution in [0.15, 0.2) is 18.2 Å². The Hall–Kier alpha value is -1.31. The summed E-state index contributed by atoms with van der Waals surface area (Å²) in [6.07, 6.45) is 0.973. The van der Waals surface area contributed by atoms with Gasteiger partial charge in [-0.1, -0.05) is 32.9 Å². The van der Waals surface area contributed by atoms with E-state index in [4.69, 9.17) is 0 Å². The lowest BCUT2D eigenvalue weighted by Crippen LogP contribution is -2.43. The Balaban J connectivity index is 2.57. The second-order valence-electron chi connectivity index (χ2n) is 4.80. The molecule has 2 heteroatoms. The summed E-state index contributed by atoms with van der Waals surface area (Å²) >= 11 is 0. The van der Waals surface area contributed by atoms with E-state index in [1.165, 1.54) is 11.1 Å². The molecule has 1 aromatic rings. The van der Waals surface area contributed by atoms with E-state index in [9.17, 15) is 4.79 Å². The number of hydrogen-bond donors (Lipinski definition) is 1. The third-order valence-corrected chi connectivity index (χ3v) is 3.16. The highest BCUT2D eigenvalue weighted by molar-refractivity contribution is 5.97. The number of fused-ring (bicyclic) bond motifs is 1. The van der Waals surface area contributed by atoms with Crippen LogP contribution in [0.2, 0.25) is 0 Å². The van der Waals surface area contributed by atoms with Gasteiger partial charge in [0, 0.05) is 17.5 Å². The van der Waals surface area contributed by atoms with Gasteiger partial charge in [-0.3, -0.25) is 4.79 Å². The summed E-state index contributed by atoms with van der Waals surface area (Å²) in [6.45, 7) is 7.16. The van der Waals surface area contributed by atoms with Crippen LogP contribution < -0.4 is 5.32 Å². The van der Waals surface area contributed by atoms with Crippen LogP contribution in [-0.2, 0) is 11.8 Å². The standard InChI is InChI=1S/C13H17NO/c1-4-9-5-6-11-10(7-9)12(15)14-8-13(11,2)3/h5-7H,4,8H2,1-3H3,(H,14,15). The van der Waals surface area contributed by atoms with Crippen molar-refractivity contribution >= 4 is 5.91 Å². The van der Waals surface area contributed by atoms with Crippen molar-refractivity contribution in [3.05, 3.63) is 34.9 Å². The molecule has 0 radical (unpaired) electrons. The Kier molecular flexibility index (Phi) is 2.29. The minimum absolute atomic E-state index is 0.0511. The second kappa shape index (κ2) is 3.37. The number of rotatable bonds is 1. The van der Waals surface area contributed by atoms with E-state index in [1.54, 1.807) is 0 Å². The Bertz CT molecular complexity index is 407. The third-order valence-electron chi connectivity index (χ3n) is 3.16. The molecule has 1 amide bonds. The van der Waals surface area contributed by atoms with Crippen molar-refractivity contribution < 1.29 is 4.79 Å². The van der Waals surface area contributed by atoms with Crippen LogP contribution in [0.4, 0.5) is 0 Å². The summed E-state index contributed by atoms with van der Waals surface area (Å²) in [5, 5.41) is 2.94. The molecule has 0 fully saturated rings. The average molecular weight is 203 g/mol. The highest BCUT2D eigenvalue weighted by atomic mass is 16.1. The van der Waals surface area contributed by atoms with Crippen molar-refractivity contribution in [1.29, 1.82) is 0 Å². The fourth-order valence-electron chi connectivity index (χ4n) is 2.08. The molecule has 0 atom stereocenters. The first kappa shape index (κ1) is 10.2. The zero-order valence-corrected chi connectivity index (χ0v) is 9.55. The lowest BCUT2D eigenvalue weighted by atomic mass is 9.78. The number of carbonyl (C=O) groups excluding carboxylic acids is 1. The van der Waals surface area contributed by atoms with E-state index in [2.05, 4.69) is 38.2 Å². The van der Waals surface area contributed by atoms with Gasteiger partial charge in [0.15, 0.2) is 0 Å². The van der Waals surface area contributed by atoms with E-state index in [-0.39, 0.29) is 11.3 Å². The molecule has 0 unspecified atom stereocenters. The molecular weight excluding hydrogens is 186 g/mol. The van der Waals surface area contributed by atoms with E-state index in [0.29, 0.717) is 0 Å². The van der Waals surface area contributed by atoms with Crippen molar-refractivity contribution in [3.8, 4) is 0 Å². The minimum Gasteiger partial charge on any atom is -0.351 e. The van der Waals surface area contributed by atoms with Crippen LogP contribution in [0.25, 0.3) is 0 Å². The second-order valence-corrected chi connectivity index (χ2v) is 4.80. The zero-order chi connectivity index (χ0) is 11.1. The van der Waals surface area contributed by atoms with Gasteiger partial charge in [-0.05, 0) is 23.6 Å². The van der Waals surface area contributed by atoms with E-state index in [0.717, 1.165) is 18.5 Å². The number of nitrogens with one attached hydrogen (secondary N) is 1. The summed E-state index contributed by atoms with van der Waals surface area (Å²) in [6, 6.07) is 6.25. The molecule has 1 N–H and O–H groups in total.